The van der Waals surface area contributed by atoms with Gasteiger partial charge in [-0.25, -0.2) is 0 Å². The van der Waals surface area contributed by atoms with E-state index in [-0.39, 0.29) is 0 Å². The van der Waals surface area contributed by atoms with Crippen molar-refractivity contribution in [2.75, 3.05) is 5.33 Å². The maximum atomic E-state index is 6.07. The standard InChI is InChI=1S/C11H11BrCl2/c1-8(3-2-6-12)10-5-4-9(13)7-11(10)14/h3-5,7H,2,6H2,1H3/b8-3-. The molecule has 0 aliphatic rings. The van der Waals surface area contributed by atoms with Crippen molar-refractivity contribution in [2.24, 2.45) is 0 Å². The van der Waals surface area contributed by atoms with Gasteiger partial charge >= 0.3 is 0 Å². The summed E-state index contributed by atoms with van der Waals surface area (Å²) in [7, 11) is 0. The van der Waals surface area contributed by atoms with E-state index >= 15 is 0 Å². The highest BCUT2D eigenvalue weighted by molar-refractivity contribution is 9.09. The third-order valence-electron chi connectivity index (χ3n) is 1.92. The summed E-state index contributed by atoms with van der Waals surface area (Å²) in [6, 6.07) is 5.57. The van der Waals surface area contributed by atoms with Crippen LogP contribution in [0.5, 0.6) is 0 Å². The first kappa shape index (κ1) is 12.1. The van der Waals surface area contributed by atoms with Gasteiger partial charge in [0.15, 0.2) is 0 Å². The molecule has 76 valence electrons. The molecule has 1 rings (SSSR count). The molecule has 0 saturated heterocycles. The summed E-state index contributed by atoms with van der Waals surface area (Å²) in [6.07, 6.45) is 3.16. The maximum Gasteiger partial charge on any atom is 0.0495 e. The van der Waals surface area contributed by atoms with Crippen LogP contribution < -0.4 is 0 Å². The predicted molar refractivity (Wildman–Crippen MR) is 68.5 cm³/mol. The number of hydrogen-bond donors (Lipinski definition) is 0. The zero-order valence-corrected chi connectivity index (χ0v) is 11.0. The van der Waals surface area contributed by atoms with Gasteiger partial charge in [0.05, 0.1) is 0 Å². The monoisotopic (exact) mass is 292 g/mol. The van der Waals surface area contributed by atoms with Crippen LogP contribution in [0, 0.1) is 0 Å². The highest BCUT2D eigenvalue weighted by Crippen LogP contribution is 2.26. The third-order valence-corrected chi connectivity index (χ3v) is 2.92. The molecule has 0 aromatic heterocycles. The fourth-order valence-corrected chi connectivity index (χ4v) is 1.98. The molecule has 0 radical (unpaired) electrons. The second kappa shape index (κ2) is 5.79. The van der Waals surface area contributed by atoms with Crippen LogP contribution in [0.25, 0.3) is 5.57 Å². The van der Waals surface area contributed by atoms with Gasteiger partial charge in [0.1, 0.15) is 0 Å². The summed E-state index contributed by atoms with van der Waals surface area (Å²) in [5, 5.41) is 2.35. The largest absolute Gasteiger partial charge is 0.0925 e. The molecule has 3 heteroatoms. The number of alkyl halides is 1. The van der Waals surface area contributed by atoms with E-state index in [1.807, 2.05) is 12.1 Å². The molecular weight excluding hydrogens is 283 g/mol. The second-order valence-corrected chi connectivity index (χ2v) is 4.63. The van der Waals surface area contributed by atoms with Crippen molar-refractivity contribution in [2.45, 2.75) is 13.3 Å². The SMILES string of the molecule is C/C(=C/CCBr)c1ccc(Cl)cc1Cl. The first-order valence-corrected chi connectivity index (χ1v) is 6.21. The minimum atomic E-state index is 0.673. The molecule has 0 fully saturated rings. The fraction of sp³-hybridized carbons (Fsp3) is 0.273. The molecule has 0 nitrogen and oxygen atoms in total. The average Bonchev–Trinajstić information content (AvgIpc) is 2.14. The van der Waals surface area contributed by atoms with Crippen LogP contribution in [0.3, 0.4) is 0 Å². The third kappa shape index (κ3) is 3.30. The van der Waals surface area contributed by atoms with Crippen LogP contribution in [0.2, 0.25) is 10.0 Å². The lowest BCUT2D eigenvalue weighted by molar-refractivity contribution is 1.26. The molecule has 0 amide bonds. The molecule has 0 atom stereocenters. The van der Waals surface area contributed by atoms with E-state index < -0.39 is 0 Å². The molecule has 0 aliphatic heterocycles. The Morgan fingerprint density at radius 1 is 1.43 bits per heavy atom. The Kier molecular flexibility index (Phi) is 5.00. The lowest BCUT2D eigenvalue weighted by Gasteiger charge is -2.04. The average molecular weight is 294 g/mol. The highest BCUT2D eigenvalue weighted by atomic mass is 79.9. The van der Waals surface area contributed by atoms with Gasteiger partial charge in [-0.05, 0) is 36.6 Å². The van der Waals surface area contributed by atoms with Crippen LogP contribution in [-0.2, 0) is 0 Å². The van der Waals surface area contributed by atoms with Crippen molar-refractivity contribution < 1.29 is 0 Å². The van der Waals surface area contributed by atoms with E-state index in [4.69, 9.17) is 23.2 Å². The predicted octanol–water partition coefficient (Wildman–Crippen LogP) is 5.18. The molecule has 0 heterocycles. The molecule has 14 heavy (non-hydrogen) atoms. The molecule has 0 spiro atoms. The molecule has 0 aliphatic carbocycles. The Hall–Kier alpha value is 0.0200. The molecular formula is C11H11BrCl2. The normalized spacial score (nSPS) is 11.9. The van der Waals surface area contributed by atoms with Crippen molar-refractivity contribution >= 4 is 44.7 Å². The number of halogens is 3. The summed E-state index contributed by atoms with van der Waals surface area (Å²) in [6.45, 7) is 2.05. The smallest absolute Gasteiger partial charge is 0.0495 e. The van der Waals surface area contributed by atoms with E-state index in [2.05, 4.69) is 28.9 Å². The minimum Gasteiger partial charge on any atom is -0.0925 e. The first-order chi connectivity index (χ1) is 6.65. The van der Waals surface area contributed by atoms with Gasteiger partial charge in [0.25, 0.3) is 0 Å². The van der Waals surface area contributed by atoms with Gasteiger partial charge in [-0.2, -0.15) is 0 Å². The van der Waals surface area contributed by atoms with Crippen LogP contribution in [0.1, 0.15) is 18.9 Å². The highest BCUT2D eigenvalue weighted by Gasteiger charge is 2.02. The van der Waals surface area contributed by atoms with Crippen LogP contribution in [0.15, 0.2) is 24.3 Å². The second-order valence-electron chi connectivity index (χ2n) is 2.99. The van der Waals surface area contributed by atoms with Crippen molar-refractivity contribution in [3.05, 3.63) is 39.9 Å². The molecule has 0 bridgehead atoms. The van der Waals surface area contributed by atoms with Crippen LogP contribution in [0.4, 0.5) is 0 Å². The Bertz CT molecular complexity index is 345. The zero-order chi connectivity index (χ0) is 10.6. The molecule has 1 aromatic rings. The lowest BCUT2D eigenvalue weighted by Crippen LogP contribution is -1.82. The van der Waals surface area contributed by atoms with Crippen molar-refractivity contribution in [1.29, 1.82) is 0 Å². The number of hydrogen-bond acceptors (Lipinski definition) is 0. The lowest BCUT2D eigenvalue weighted by atomic mass is 10.1. The Morgan fingerprint density at radius 3 is 2.71 bits per heavy atom. The quantitative estimate of drug-likeness (QED) is 0.674. The van der Waals surface area contributed by atoms with Crippen molar-refractivity contribution in [1.82, 2.24) is 0 Å². The fourth-order valence-electron chi connectivity index (χ4n) is 1.19. The number of allylic oxidation sites excluding steroid dienone is 2. The molecule has 0 N–H and O–H groups in total. The zero-order valence-electron chi connectivity index (χ0n) is 7.86. The van der Waals surface area contributed by atoms with E-state index in [1.165, 1.54) is 5.57 Å². The summed E-state index contributed by atoms with van der Waals surface area (Å²) in [4.78, 5) is 0. The van der Waals surface area contributed by atoms with E-state index in [0.717, 1.165) is 17.3 Å². The van der Waals surface area contributed by atoms with Gasteiger partial charge in [-0.3, -0.25) is 0 Å². The maximum absolute atomic E-state index is 6.07. The van der Waals surface area contributed by atoms with E-state index in [0.29, 0.717) is 10.0 Å². The van der Waals surface area contributed by atoms with Crippen LogP contribution in [-0.4, -0.2) is 5.33 Å². The van der Waals surface area contributed by atoms with Crippen LogP contribution >= 0.6 is 39.1 Å². The Labute approximate surface area is 103 Å². The number of rotatable bonds is 3. The number of benzene rings is 1. The molecule has 1 aromatic carbocycles. The van der Waals surface area contributed by atoms with E-state index in [9.17, 15) is 0 Å². The first-order valence-electron chi connectivity index (χ1n) is 4.33. The summed E-state index contributed by atoms with van der Waals surface area (Å²) in [5.41, 5.74) is 2.24. The van der Waals surface area contributed by atoms with Crippen molar-refractivity contribution in [3.63, 3.8) is 0 Å². The topological polar surface area (TPSA) is 0 Å². The van der Waals surface area contributed by atoms with Gasteiger partial charge in [0.2, 0.25) is 0 Å². The van der Waals surface area contributed by atoms with E-state index in [1.54, 1.807) is 6.07 Å². The van der Waals surface area contributed by atoms with Gasteiger partial charge < -0.3 is 0 Å². The van der Waals surface area contributed by atoms with Gasteiger partial charge in [-0.1, -0.05) is 51.3 Å². The molecule has 0 unspecified atom stereocenters. The van der Waals surface area contributed by atoms with Gasteiger partial charge in [-0.15, -0.1) is 0 Å². The Balaban J connectivity index is 2.95. The van der Waals surface area contributed by atoms with Crippen molar-refractivity contribution in [3.8, 4) is 0 Å². The summed E-state index contributed by atoms with van der Waals surface area (Å²) in [5.74, 6) is 0. The summed E-state index contributed by atoms with van der Waals surface area (Å²) >= 11 is 15.3. The summed E-state index contributed by atoms with van der Waals surface area (Å²) < 4.78 is 0. The minimum absolute atomic E-state index is 0.673. The van der Waals surface area contributed by atoms with Gasteiger partial charge in [0, 0.05) is 15.4 Å². The molecule has 0 saturated carbocycles. The Morgan fingerprint density at radius 2 is 2.14 bits per heavy atom.